The zero-order valence-electron chi connectivity index (χ0n) is 12.4. The van der Waals surface area contributed by atoms with Gasteiger partial charge >= 0.3 is 26.0 Å². The minimum atomic E-state index is -7.18. The Bertz CT molecular complexity index is 1000. The molecular weight excluding hydrogens is 455 g/mol. The normalized spacial score (nSPS) is 14.2. The fraction of sp³-hybridized carbons (Fsp3) is 0. The molecule has 9 nitrogen and oxygen atoms in total. The maximum Gasteiger partial charge on any atom is 0.404 e. The van der Waals surface area contributed by atoms with Gasteiger partial charge in [0, 0.05) is 10.0 Å². The molecule has 0 saturated carbocycles. The standard InChI is InChI=1S/C12H10Cl2O9S3/c13-9-1-5-11(6-2-9)22-26(21,24(15,16)17,25(18,19)20)23-12-7-3-10(14)4-8-12/h1-8H,(H,15,16,17)(H,18,19,20). The predicted molar refractivity (Wildman–Crippen MR) is 95.4 cm³/mol. The Morgan fingerprint density at radius 3 is 1.19 bits per heavy atom. The van der Waals surface area contributed by atoms with Crippen molar-refractivity contribution in [2.45, 2.75) is 0 Å². The van der Waals surface area contributed by atoms with E-state index in [4.69, 9.17) is 23.2 Å². The highest BCUT2D eigenvalue weighted by Crippen LogP contribution is 2.42. The molecule has 0 amide bonds. The minimum absolute atomic E-state index is 0.151. The summed E-state index contributed by atoms with van der Waals surface area (Å²) in [6.07, 6.45) is 0. The number of benzene rings is 2. The average Bonchev–Trinajstić information content (AvgIpc) is 2.50. The molecule has 2 aromatic rings. The summed E-state index contributed by atoms with van der Waals surface area (Å²) in [6.45, 7) is 0. The summed E-state index contributed by atoms with van der Waals surface area (Å²) in [5.41, 5.74) is 0. The van der Waals surface area contributed by atoms with Gasteiger partial charge in [-0.2, -0.15) is 21.0 Å². The Labute approximate surface area is 157 Å². The van der Waals surface area contributed by atoms with Crippen LogP contribution in [0, 0.1) is 0 Å². The molecule has 0 aliphatic rings. The third-order valence-electron chi connectivity index (χ3n) is 2.78. The Balaban J connectivity index is 2.76. The van der Waals surface area contributed by atoms with Crippen LogP contribution in [0.2, 0.25) is 10.0 Å². The molecule has 0 saturated heterocycles. The topological polar surface area (TPSA) is 144 Å². The number of halogens is 2. The highest BCUT2D eigenvalue weighted by molar-refractivity contribution is 9.06. The number of rotatable bonds is 6. The monoisotopic (exact) mass is 464 g/mol. The zero-order valence-corrected chi connectivity index (χ0v) is 16.3. The van der Waals surface area contributed by atoms with Crippen molar-refractivity contribution in [3.05, 3.63) is 58.6 Å². The van der Waals surface area contributed by atoms with Crippen molar-refractivity contribution in [3.63, 3.8) is 0 Å². The van der Waals surface area contributed by atoms with E-state index in [-0.39, 0.29) is 10.0 Å². The molecule has 0 radical (unpaired) electrons. The van der Waals surface area contributed by atoms with Crippen molar-refractivity contribution >= 4 is 49.2 Å². The SMILES string of the molecule is O=S(=O)(O)S(=O)(Oc1ccc(Cl)cc1)(Oc1ccc(Cl)cc1)S(=O)(=O)O. The van der Waals surface area contributed by atoms with Crippen molar-refractivity contribution in [1.82, 2.24) is 0 Å². The molecule has 0 spiro atoms. The number of hydrogen-bond acceptors (Lipinski definition) is 7. The van der Waals surface area contributed by atoms with Crippen LogP contribution in [0.4, 0.5) is 0 Å². The predicted octanol–water partition coefficient (Wildman–Crippen LogP) is 2.71. The summed E-state index contributed by atoms with van der Waals surface area (Å²) in [5, 5.41) is 0.302. The van der Waals surface area contributed by atoms with Crippen LogP contribution in [0.25, 0.3) is 0 Å². The van der Waals surface area contributed by atoms with Crippen molar-refractivity contribution in [2.75, 3.05) is 0 Å². The highest BCUT2D eigenvalue weighted by Gasteiger charge is 2.66. The Hall–Kier alpha value is -1.41. The van der Waals surface area contributed by atoms with Gasteiger partial charge in [0.2, 0.25) is 0 Å². The first-order valence-corrected chi connectivity index (χ1v) is 12.8. The van der Waals surface area contributed by atoms with Crippen LogP contribution in [-0.2, 0) is 26.0 Å². The largest absolute Gasteiger partial charge is 0.404 e. The van der Waals surface area contributed by atoms with E-state index in [0.29, 0.717) is 0 Å². The van der Waals surface area contributed by atoms with Gasteiger partial charge < -0.3 is 8.37 Å². The van der Waals surface area contributed by atoms with Crippen molar-refractivity contribution in [1.29, 1.82) is 0 Å². The molecule has 0 heterocycles. The van der Waals surface area contributed by atoms with Crippen LogP contribution in [0.5, 0.6) is 11.5 Å². The molecule has 0 atom stereocenters. The molecular formula is C12H10Cl2O9S3. The van der Waals surface area contributed by atoms with Crippen LogP contribution in [0.1, 0.15) is 0 Å². The molecule has 2 N–H and O–H groups in total. The Kier molecular flexibility index (Phi) is 5.33. The molecule has 2 aromatic carbocycles. The Morgan fingerprint density at radius 1 is 0.692 bits per heavy atom. The van der Waals surface area contributed by atoms with Gasteiger partial charge in [0.05, 0.1) is 0 Å². The molecule has 2 rings (SSSR count). The quantitative estimate of drug-likeness (QED) is 0.486. The van der Waals surface area contributed by atoms with E-state index < -0.39 is 37.5 Å². The van der Waals surface area contributed by atoms with Gasteiger partial charge in [-0.3, -0.25) is 9.11 Å². The van der Waals surface area contributed by atoms with Crippen molar-refractivity contribution < 1.29 is 38.5 Å². The summed E-state index contributed by atoms with van der Waals surface area (Å²) >= 11 is 11.3. The van der Waals surface area contributed by atoms with E-state index in [1.165, 1.54) is 0 Å². The molecule has 0 aliphatic carbocycles. The van der Waals surface area contributed by atoms with E-state index >= 15 is 0 Å². The molecule has 0 unspecified atom stereocenters. The molecule has 144 valence electrons. The van der Waals surface area contributed by atoms with E-state index in [1.807, 2.05) is 0 Å². The summed E-state index contributed by atoms with van der Waals surface area (Å²) in [7, 11) is -19.6. The maximum absolute atomic E-state index is 13.2. The van der Waals surface area contributed by atoms with Gasteiger partial charge in [0.1, 0.15) is 11.5 Å². The van der Waals surface area contributed by atoms with Gasteiger partial charge in [-0.25, -0.2) is 0 Å². The first-order valence-electron chi connectivity index (χ1n) is 6.29. The second-order valence-electron chi connectivity index (χ2n) is 4.61. The first-order chi connectivity index (χ1) is 11.8. The van der Waals surface area contributed by atoms with E-state index in [0.717, 1.165) is 48.5 Å². The van der Waals surface area contributed by atoms with Crippen LogP contribution in [0.3, 0.4) is 0 Å². The zero-order chi connectivity index (χ0) is 19.8. The minimum Gasteiger partial charge on any atom is -0.372 e. The summed E-state index contributed by atoms with van der Waals surface area (Å²) < 4.78 is 88.4. The van der Waals surface area contributed by atoms with Gasteiger partial charge in [-0.15, -0.1) is 0 Å². The van der Waals surface area contributed by atoms with Gasteiger partial charge in [-0.05, 0) is 48.5 Å². The van der Waals surface area contributed by atoms with Crippen LogP contribution in [-0.4, -0.2) is 30.1 Å². The second-order valence-corrected chi connectivity index (χ2v) is 15.5. The van der Waals surface area contributed by atoms with Crippen LogP contribution >= 0.6 is 23.2 Å². The fourth-order valence-corrected chi connectivity index (χ4v) is 7.87. The fourth-order valence-electron chi connectivity index (χ4n) is 1.59. The van der Waals surface area contributed by atoms with E-state index in [9.17, 15) is 30.1 Å². The molecule has 26 heavy (non-hydrogen) atoms. The molecule has 0 fully saturated rings. The van der Waals surface area contributed by atoms with E-state index in [2.05, 4.69) is 8.37 Å². The van der Waals surface area contributed by atoms with Gasteiger partial charge in [0.15, 0.2) is 0 Å². The summed E-state index contributed by atoms with van der Waals surface area (Å²) in [6, 6.07) is 8.34. The lowest BCUT2D eigenvalue weighted by atomic mass is 10.3. The third kappa shape index (κ3) is 3.53. The van der Waals surface area contributed by atoms with Crippen LogP contribution < -0.4 is 8.37 Å². The lowest BCUT2D eigenvalue weighted by Gasteiger charge is -2.34. The maximum atomic E-state index is 13.2. The number of hydrogen-bond donors (Lipinski definition) is 2. The van der Waals surface area contributed by atoms with Crippen LogP contribution in [0.15, 0.2) is 48.5 Å². The van der Waals surface area contributed by atoms with Crippen molar-refractivity contribution in [3.8, 4) is 11.5 Å². The van der Waals surface area contributed by atoms with Gasteiger partial charge in [-0.1, -0.05) is 23.2 Å². The Morgan fingerprint density at radius 2 is 0.962 bits per heavy atom. The molecule has 0 aliphatic heterocycles. The van der Waals surface area contributed by atoms with Gasteiger partial charge in [0.25, 0.3) is 0 Å². The molecule has 14 heteroatoms. The van der Waals surface area contributed by atoms with Crippen molar-refractivity contribution in [2.24, 2.45) is 0 Å². The second kappa shape index (κ2) is 6.64. The lowest BCUT2D eigenvalue weighted by molar-refractivity contribution is 0.405. The highest BCUT2D eigenvalue weighted by atomic mass is 35.5. The summed E-state index contributed by atoms with van der Waals surface area (Å²) in [5.74, 6) is -1.29. The first kappa shape index (κ1) is 20.9. The third-order valence-corrected chi connectivity index (χ3v) is 13.6. The molecule has 0 bridgehead atoms. The van der Waals surface area contributed by atoms with E-state index in [1.54, 1.807) is 0 Å². The lowest BCUT2D eigenvalue weighted by Crippen LogP contribution is -2.56. The molecule has 0 aromatic heterocycles. The average molecular weight is 465 g/mol. The summed E-state index contributed by atoms with van der Waals surface area (Å²) in [4.78, 5) is 0. The smallest absolute Gasteiger partial charge is 0.372 e.